The molecule has 0 saturated carbocycles. The Balaban J connectivity index is 4.43. The van der Waals surface area contributed by atoms with Gasteiger partial charge in [0.05, 0.1) is 18.1 Å². The number of hydrogen-bond donors (Lipinski definition) is 0. The molecule has 11 heteroatoms. The second-order valence-electron chi connectivity index (χ2n) is 4.13. The van der Waals surface area contributed by atoms with Crippen molar-refractivity contribution in [3.8, 4) is 0 Å². The molecule has 0 aliphatic carbocycles. The van der Waals surface area contributed by atoms with Gasteiger partial charge in [0.1, 0.15) is 9.84 Å². The number of ether oxygens (including phenoxy) is 2. The molecule has 0 unspecified atom stereocenters. The average molecular weight is 345 g/mol. The summed E-state index contributed by atoms with van der Waals surface area (Å²) in [5.41, 5.74) is 0. The Morgan fingerprint density at radius 1 is 1.05 bits per heavy atom. The summed E-state index contributed by atoms with van der Waals surface area (Å²) in [7, 11) is -6.32. The first-order chi connectivity index (χ1) is 9.49. The minimum atomic E-state index is -4.00. The predicted octanol–water partition coefficient (Wildman–Crippen LogP) is -0.618. The number of carbonyl (C=O) groups is 2. The first-order valence-corrected chi connectivity index (χ1v) is 9.63. The summed E-state index contributed by atoms with van der Waals surface area (Å²) in [5.74, 6) is -1.63. The van der Waals surface area contributed by atoms with Crippen molar-refractivity contribution in [1.29, 1.82) is 0 Å². The van der Waals surface area contributed by atoms with Crippen molar-refractivity contribution in [2.75, 3.05) is 38.0 Å². The van der Waals surface area contributed by atoms with E-state index in [-0.39, 0.29) is 18.8 Å². The number of sulfonamides is 1. The third-order valence-electron chi connectivity index (χ3n) is 2.21. The first kappa shape index (κ1) is 19.6. The van der Waals surface area contributed by atoms with Crippen LogP contribution in [0.15, 0.2) is 0 Å². The fraction of sp³-hybridized carbons (Fsp3) is 0.800. The fourth-order valence-electron chi connectivity index (χ4n) is 1.17. The number of amides is 1. The smallest absolute Gasteiger partial charge is 0.423 e. The van der Waals surface area contributed by atoms with E-state index in [0.29, 0.717) is 4.31 Å². The van der Waals surface area contributed by atoms with E-state index in [0.717, 1.165) is 13.3 Å². The summed E-state index contributed by atoms with van der Waals surface area (Å²) in [6.07, 6.45) is -0.393. The second kappa shape index (κ2) is 8.17. The topological polar surface area (TPSA) is 124 Å². The van der Waals surface area contributed by atoms with Crippen molar-refractivity contribution < 1.29 is 35.9 Å². The molecule has 0 heterocycles. The minimum Gasteiger partial charge on any atom is -0.463 e. The molecule has 0 aromatic heterocycles. The summed E-state index contributed by atoms with van der Waals surface area (Å²) in [5, 5.41) is 0. The molecule has 0 saturated heterocycles. The highest BCUT2D eigenvalue weighted by Gasteiger charge is 2.25. The van der Waals surface area contributed by atoms with Crippen molar-refractivity contribution in [3.63, 3.8) is 0 Å². The lowest BCUT2D eigenvalue weighted by Crippen LogP contribution is -2.36. The molecule has 0 aromatic carbocycles. The van der Waals surface area contributed by atoms with Gasteiger partial charge in [-0.1, -0.05) is 0 Å². The number of esters is 1. The van der Waals surface area contributed by atoms with E-state index in [2.05, 4.69) is 9.47 Å². The van der Waals surface area contributed by atoms with Crippen LogP contribution in [-0.2, 0) is 34.1 Å². The van der Waals surface area contributed by atoms with Gasteiger partial charge in [-0.3, -0.25) is 0 Å². The van der Waals surface area contributed by atoms with Crippen molar-refractivity contribution in [1.82, 2.24) is 4.31 Å². The van der Waals surface area contributed by atoms with E-state index in [1.165, 1.54) is 0 Å². The van der Waals surface area contributed by atoms with Crippen LogP contribution in [-0.4, -0.2) is 71.2 Å². The lowest BCUT2D eigenvalue weighted by molar-refractivity contribution is -0.146. The minimum absolute atomic E-state index is 0.107. The Morgan fingerprint density at radius 2 is 1.62 bits per heavy atom. The zero-order valence-corrected chi connectivity index (χ0v) is 13.7. The highest BCUT2D eigenvalue weighted by Crippen LogP contribution is 2.04. The molecule has 0 aliphatic heterocycles. The lowest BCUT2D eigenvalue weighted by atomic mass is 10.6. The Hall–Kier alpha value is -1.36. The van der Waals surface area contributed by atoms with Crippen LogP contribution >= 0.6 is 0 Å². The van der Waals surface area contributed by atoms with Gasteiger partial charge >= 0.3 is 12.1 Å². The zero-order chi connectivity index (χ0) is 16.7. The molecule has 124 valence electrons. The van der Waals surface area contributed by atoms with E-state index in [4.69, 9.17) is 0 Å². The number of nitrogens with zero attached hydrogens (tertiary/aromatic N) is 1. The van der Waals surface area contributed by atoms with Crippen molar-refractivity contribution in [3.05, 3.63) is 0 Å². The fourth-order valence-corrected chi connectivity index (χ4v) is 3.08. The van der Waals surface area contributed by atoms with Crippen LogP contribution in [0.3, 0.4) is 0 Å². The molecule has 0 atom stereocenters. The quantitative estimate of drug-likeness (QED) is 0.533. The first-order valence-electron chi connectivity index (χ1n) is 5.96. The van der Waals surface area contributed by atoms with E-state index in [1.807, 2.05) is 0 Å². The molecule has 0 aromatic rings. The SMILES string of the molecule is CCOC(=O)COC(=O)N(C)S(=O)(=O)CCCS(C)(=O)=O. The Bertz CT molecular complexity index is 566. The van der Waals surface area contributed by atoms with Crippen LogP contribution in [0, 0.1) is 0 Å². The number of carbonyl (C=O) groups excluding carboxylic acids is 2. The molecule has 21 heavy (non-hydrogen) atoms. The van der Waals surface area contributed by atoms with Gasteiger partial charge in [-0.05, 0) is 13.3 Å². The summed E-state index contributed by atoms with van der Waals surface area (Å²) in [6, 6.07) is 0. The maximum atomic E-state index is 11.7. The molecule has 0 N–H and O–H groups in total. The Labute approximate surface area is 124 Å². The normalized spacial score (nSPS) is 11.8. The maximum Gasteiger partial charge on any atom is 0.423 e. The van der Waals surface area contributed by atoms with Crippen LogP contribution in [0.5, 0.6) is 0 Å². The molecule has 0 rings (SSSR count). The summed E-state index contributed by atoms with van der Waals surface area (Å²) < 4.78 is 54.6. The summed E-state index contributed by atoms with van der Waals surface area (Å²) in [6.45, 7) is 0.976. The van der Waals surface area contributed by atoms with Gasteiger partial charge in [-0.25, -0.2) is 30.7 Å². The highest BCUT2D eigenvalue weighted by molar-refractivity contribution is 7.91. The summed E-state index contributed by atoms with van der Waals surface area (Å²) in [4.78, 5) is 22.4. The largest absolute Gasteiger partial charge is 0.463 e. The molecule has 1 amide bonds. The van der Waals surface area contributed by atoms with E-state index >= 15 is 0 Å². The molecule has 0 fully saturated rings. The molecule has 0 bridgehead atoms. The zero-order valence-electron chi connectivity index (χ0n) is 12.1. The van der Waals surface area contributed by atoms with Crippen LogP contribution in [0.2, 0.25) is 0 Å². The number of sulfone groups is 1. The summed E-state index contributed by atoms with van der Waals surface area (Å²) >= 11 is 0. The number of hydrogen-bond acceptors (Lipinski definition) is 8. The van der Waals surface area contributed by atoms with Gasteiger partial charge in [0.25, 0.3) is 0 Å². The van der Waals surface area contributed by atoms with Crippen molar-refractivity contribution in [2.45, 2.75) is 13.3 Å². The van der Waals surface area contributed by atoms with Gasteiger partial charge in [0.15, 0.2) is 6.61 Å². The molecule has 0 aliphatic rings. The van der Waals surface area contributed by atoms with Gasteiger partial charge in [0.2, 0.25) is 10.0 Å². The molecule has 0 spiro atoms. The average Bonchev–Trinajstić information content (AvgIpc) is 2.33. The second-order valence-corrected chi connectivity index (χ2v) is 8.51. The standard InChI is InChI=1S/C10H19NO8S2/c1-4-18-9(12)8-19-10(13)11(2)21(16,17)7-5-6-20(3,14)15/h4-8H2,1-3H3. The van der Waals surface area contributed by atoms with Crippen LogP contribution < -0.4 is 0 Å². The predicted molar refractivity (Wildman–Crippen MR) is 73.9 cm³/mol. The molecular formula is C10H19NO8S2. The Morgan fingerprint density at radius 3 is 2.10 bits per heavy atom. The van der Waals surface area contributed by atoms with E-state index in [1.54, 1.807) is 6.92 Å². The van der Waals surface area contributed by atoms with Gasteiger partial charge < -0.3 is 9.47 Å². The molecule has 0 radical (unpaired) electrons. The van der Waals surface area contributed by atoms with Crippen LogP contribution in [0.4, 0.5) is 4.79 Å². The van der Waals surface area contributed by atoms with E-state index in [9.17, 15) is 26.4 Å². The van der Waals surface area contributed by atoms with Gasteiger partial charge in [0, 0.05) is 13.3 Å². The lowest BCUT2D eigenvalue weighted by Gasteiger charge is -2.16. The van der Waals surface area contributed by atoms with Crippen LogP contribution in [0.25, 0.3) is 0 Å². The monoisotopic (exact) mass is 345 g/mol. The van der Waals surface area contributed by atoms with Crippen molar-refractivity contribution >= 4 is 31.9 Å². The molecule has 9 nitrogen and oxygen atoms in total. The van der Waals surface area contributed by atoms with Crippen molar-refractivity contribution in [2.24, 2.45) is 0 Å². The Kier molecular flexibility index (Phi) is 7.64. The van der Waals surface area contributed by atoms with Gasteiger partial charge in [-0.2, -0.15) is 0 Å². The highest BCUT2D eigenvalue weighted by atomic mass is 32.2. The third-order valence-corrected chi connectivity index (χ3v) is 5.03. The van der Waals surface area contributed by atoms with Gasteiger partial charge in [-0.15, -0.1) is 0 Å². The van der Waals surface area contributed by atoms with E-state index < -0.39 is 44.3 Å². The maximum absolute atomic E-state index is 11.7. The third kappa shape index (κ3) is 8.50. The number of rotatable bonds is 8. The van der Waals surface area contributed by atoms with Crippen LogP contribution in [0.1, 0.15) is 13.3 Å². The molecular weight excluding hydrogens is 326 g/mol.